The van der Waals surface area contributed by atoms with Crippen LogP contribution in [0.25, 0.3) is 0 Å². The van der Waals surface area contributed by atoms with E-state index >= 15 is 0 Å². The number of carbonyl (C=O) groups is 2. The van der Waals surface area contributed by atoms with Crippen molar-refractivity contribution in [1.29, 1.82) is 5.26 Å². The second-order valence-corrected chi connectivity index (χ2v) is 6.58. The molecule has 24 heavy (non-hydrogen) atoms. The molecular weight excluding hydrogens is 376 g/mol. The molecule has 1 saturated carbocycles. The van der Waals surface area contributed by atoms with E-state index in [4.69, 9.17) is 4.74 Å². The average Bonchev–Trinajstić information content (AvgIpc) is 2.60. The van der Waals surface area contributed by atoms with E-state index in [1.807, 2.05) is 0 Å². The molecule has 0 heterocycles. The van der Waals surface area contributed by atoms with Crippen molar-refractivity contribution >= 4 is 27.8 Å². The van der Waals surface area contributed by atoms with Crippen molar-refractivity contribution in [3.8, 4) is 11.8 Å². The fourth-order valence-corrected chi connectivity index (χ4v) is 3.22. The first-order valence-electron chi connectivity index (χ1n) is 7.72. The van der Waals surface area contributed by atoms with Crippen LogP contribution >= 0.6 is 15.9 Å². The quantitative estimate of drug-likeness (QED) is 0.775. The van der Waals surface area contributed by atoms with Gasteiger partial charge in [0.15, 0.2) is 6.61 Å². The number of ether oxygens (including phenoxy) is 2. The summed E-state index contributed by atoms with van der Waals surface area (Å²) in [6, 6.07) is 6.95. The average molecular weight is 395 g/mol. The predicted molar refractivity (Wildman–Crippen MR) is 90.5 cm³/mol. The Morgan fingerprint density at radius 2 is 2.04 bits per heavy atom. The molecular formula is C17H19BrN2O4. The largest absolute Gasteiger partial charge is 0.483 e. The molecule has 0 spiro atoms. The lowest BCUT2D eigenvalue weighted by Crippen LogP contribution is -2.50. The molecule has 1 N–H and O–H groups in total. The zero-order valence-electron chi connectivity index (χ0n) is 13.4. The highest BCUT2D eigenvalue weighted by Crippen LogP contribution is 2.28. The Morgan fingerprint density at radius 3 is 2.62 bits per heavy atom. The Kier molecular flexibility index (Phi) is 6.21. The number of methoxy groups -OCH3 is 1. The summed E-state index contributed by atoms with van der Waals surface area (Å²) in [5, 5.41) is 12.2. The van der Waals surface area contributed by atoms with Gasteiger partial charge in [0.1, 0.15) is 11.3 Å². The standard InChI is InChI=1S/C17H19BrN2O4/c1-23-16(22)12-5-6-14(13(18)9-12)24-10-15(21)20-17(11-19)7-3-2-4-8-17/h5-6,9H,2-4,7-8,10H2,1H3,(H,20,21). The summed E-state index contributed by atoms with van der Waals surface area (Å²) < 4.78 is 10.7. The van der Waals surface area contributed by atoms with Crippen molar-refractivity contribution in [2.75, 3.05) is 13.7 Å². The van der Waals surface area contributed by atoms with E-state index in [1.54, 1.807) is 18.2 Å². The van der Waals surface area contributed by atoms with Gasteiger partial charge in [-0.1, -0.05) is 19.3 Å². The zero-order valence-corrected chi connectivity index (χ0v) is 15.0. The molecule has 7 heteroatoms. The third-order valence-electron chi connectivity index (χ3n) is 4.01. The van der Waals surface area contributed by atoms with Gasteiger partial charge in [-0.15, -0.1) is 0 Å². The molecule has 0 aromatic heterocycles. The zero-order chi connectivity index (χ0) is 17.6. The minimum Gasteiger partial charge on any atom is -0.483 e. The molecule has 0 saturated heterocycles. The van der Waals surface area contributed by atoms with Crippen LogP contribution in [0, 0.1) is 11.3 Å². The van der Waals surface area contributed by atoms with E-state index in [1.165, 1.54) is 7.11 Å². The van der Waals surface area contributed by atoms with Crippen LogP contribution in [-0.2, 0) is 9.53 Å². The molecule has 6 nitrogen and oxygen atoms in total. The van der Waals surface area contributed by atoms with Crippen LogP contribution in [0.3, 0.4) is 0 Å². The van der Waals surface area contributed by atoms with Crippen molar-refractivity contribution in [1.82, 2.24) is 5.32 Å². The maximum atomic E-state index is 12.1. The first-order chi connectivity index (χ1) is 11.5. The lowest BCUT2D eigenvalue weighted by molar-refractivity contribution is -0.124. The molecule has 1 amide bonds. The maximum Gasteiger partial charge on any atom is 0.337 e. The number of halogens is 1. The fourth-order valence-electron chi connectivity index (χ4n) is 2.73. The Morgan fingerprint density at radius 1 is 1.33 bits per heavy atom. The van der Waals surface area contributed by atoms with Gasteiger partial charge in [0.05, 0.1) is 23.2 Å². The minimum atomic E-state index is -0.773. The van der Waals surface area contributed by atoms with Crippen LogP contribution in [0.5, 0.6) is 5.75 Å². The molecule has 0 atom stereocenters. The maximum absolute atomic E-state index is 12.1. The van der Waals surface area contributed by atoms with Gasteiger partial charge in [-0.25, -0.2) is 4.79 Å². The van der Waals surface area contributed by atoms with Crippen molar-refractivity contribution in [3.05, 3.63) is 28.2 Å². The molecule has 1 aromatic carbocycles. The second kappa shape index (κ2) is 8.15. The summed E-state index contributed by atoms with van der Waals surface area (Å²) in [5.41, 5.74) is -0.392. The van der Waals surface area contributed by atoms with Crippen LogP contribution in [0.15, 0.2) is 22.7 Å². The predicted octanol–water partition coefficient (Wildman–Crippen LogP) is 2.96. The van der Waals surface area contributed by atoms with Gasteiger partial charge in [0.2, 0.25) is 0 Å². The number of rotatable bonds is 5. The normalized spacial score (nSPS) is 15.9. The van der Waals surface area contributed by atoms with Crippen molar-refractivity contribution in [2.24, 2.45) is 0 Å². The number of nitriles is 1. The molecule has 0 radical (unpaired) electrons. The SMILES string of the molecule is COC(=O)c1ccc(OCC(=O)NC2(C#N)CCCCC2)c(Br)c1. The first kappa shape index (κ1) is 18.3. The van der Waals surface area contributed by atoms with Crippen LogP contribution in [0.2, 0.25) is 0 Å². The number of hydrogen-bond acceptors (Lipinski definition) is 5. The van der Waals surface area contributed by atoms with Crippen molar-refractivity contribution < 1.29 is 19.1 Å². The summed E-state index contributed by atoms with van der Waals surface area (Å²) in [6.07, 6.45) is 4.32. The fraction of sp³-hybridized carbons (Fsp3) is 0.471. The van der Waals surface area contributed by atoms with E-state index in [0.717, 1.165) is 19.3 Å². The molecule has 0 aliphatic heterocycles. The summed E-state index contributed by atoms with van der Waals surface area (Å²) in [7, 11) is 1.31. The van der Waals surface area contributed by atoms with E-state index in [2.05, 4.69) is 32.1 Å². The van der Waals surface area contributed by atoms with Crippen LogP contribution in [-0.4, -0.2) is 31.1 Å². The molecule has 1 aliphatic carbocycles. The van der Waals surface area contributed by atoms with E-state index in [9.17, 15) is 14.9 Å². The molecule has 0 unspecified atom stereocenters. The number of hydrogen-bond donors (Lipinski definition) is 1. The molecule has 128 valence electrons. The topological polar surface area (TPSA) is 88.4 Å². The molecule has 1 aliphatic rings. The summed E-state index contributed by atoms with van der Waals surface area (Å²) in [4.78, 5) is 23.6. The van der Waals surface area contributed by atoms with E-state index < -0.39 is 11.5 Å². The lowest BCUT2D eigenvalue weighted by atomic mass is 9.83. The van der Waals surface area contributed by atoms with Gasteiger partial charge in [0.25, 0.3) is 5.91 Å². The second-order valence-electron chi connectivity index (χ2n) is 5.73. The van der Waals surface area contributed by atoms with Gasteiger partial charge >= 0.3 is 5.97 Å². The number of esters is 1. The Hall–Kier alpha value is -2.07. The number of benzene rings is 1. The smallest absolute Gasteiger partial charge is 0.337 e. The van der Waals surface area contributed by atoms with Gasteiger partial charge in [-0.2, -0.15) is 5.26 Å². The molecule has 2 rings (SSSR count). The number of amides is 1. The van der Waals surface area contributed by atoms with E-state index in [0.29, 0.717) is 28.6 Å². The minimum absolute atomic E-state index is 0.195. The Labute approximate surface area is 149 Å². The van der Waals surface area contributed by atoms with Crippen LogP contribution in [0.1, 0.15) is 42.5 Å². The van der Waals surface area contributed by atoms with Gasteiger partial charge < -0.3 is 14.8 Å². The summed E-state index contributed by atoms with van der Waals surface area (Å²) in [5.74, 6) is -0.344. The lowest BCUT2D eigenvalue weighted by Gasteiger charge is -2.31. The number of nitrogens with one attached hydrogen (secondary N) is 1. The van der Waals surface area contributed by atoms with Crippen molar-refractivity contribution in [2.45, 2.75) is 37.6 Å². The summed E-state index contributed by atoms with van der Waals surface area (Å²) in [6.45, 7) is -0.195. The van der Waals surface area contributed by atoms with E-state index in [-0.39, 0.29) is 12.5 Å². The Balaban J connectivity index is 1.94. The third kappa shape index (κ3) is 4.48. The first-order valence-corrected chi connectivity index (χ1v) is 8.52. The van der Waals surface area contributed by atoms with Crippen LogP contribution < -0.4 is 10.1 Å². The Bertz CT molecular complexity index is 663. The highest BCUT2D eigenvalue weighted by atomic mass is 79.9. The molecule has 1 fully saturated rings. The number of nitrogens with zero attached hydrogens (tertiary/aromatic N) is 1. The van der Waals surface area contributed by atoms with Gasteiger partial charge in [0, 0.05) is 0 Å². The molecule has 1 aromatic rings. The highest BCUT2D eigenvalue weighted by molar-refractivity contribution is 9.10. The molecule has 0 bridgehead atoms. The highest BCUT2D eigenvalue weighted by Gasteiger charge is 2.33. The van der Waals surface area contributed by atoms with Gasteiger partial charge in [-0.05, 0) is 47.0 Å². The monoisotopic (exact) mass is 394 g/mol. The van der Waals surface area contributed by atoms with Crippen LogP contribution in [0.4, 0.5) is 0 Å². The summed E-state index contributed by atoms with van der Waals surface area (Å²) >= 11 is 3.30. The van der Waals surface area contributed by atoms with Crippen molar-refractivity contribution in [3.63, 3.8) is 0 Å². The third-order valence-corrected chi connectivity index (χ3v) is 4.63. The van der Waals surface area contributed by atoms with Gasteiger partial charge in [-0.3, -0.25) is 4.79 Å². The number of carbonyl (C=O) groups excluding carboxylic acids is 2.